The van der Waals surface area contributed by atoms with E-state index in [0.29, 0.717) is 35.8 Å². The number of aromatic nitrogens is 1. The van der Waals surface area contributed by atoms with Crippen molar-refractivity contribution in [2.75, 3.05) is 13.2 Å². The number of hydrogen-bond acceptors (Lipinski definition) is 3. The van der Waals surface area contributed by atoms with E-state index in [-0.39, 0.29) is 18.3 Å². The number of pyridine rings is 1. The molecule has 0 aliphatic heterocycles. The van der Waals surface area contributed by atoms with Gasteiger partial charge in [-0.15, -0.1) is 0 Å². The minimum atomic E-state index is -0.327. The number of halogens is 1. The van der Waals surface area contributed by atoms with Crippen LogP contribution in [0.1, 0.15) is 41.7 Å². The smallest absolute Gasteiger partial charge is 0.255 e. The highest BCUT2D eigenvalue weighted by molar-refractivity contribution is 5.99. The molecule has 2 aromatic rings. The summed E-state index contributed by atoms with van der Waals surface area (Å²) in [5.74, 6) is -0.339. The standard InChI is InChI=1S/C18H21FN2O2/c1-12-16(10-13-4-5-14(19)11-17(13)20-12)18(23)21(15-6-7-15)8-2-3-9-22/h4-5,10-11,15,22H,2-3,6-9H2,1H3. The van der Waals surface area contributed by atoms with E-state index in [9.17, 15) is 9.18 Å². The van der Waals surface area contributed by atoms with Crippen molar-refractivity contribution < 1.29 is 14.3 Å². The Bertz CT molecular complexity index is 728. The van der Waals surface area contributed by atoms with Crippen LogP contribution in [0.4, 0.5) is 4.39 Å². The molecular weight excluding hydrogens is 295 g/mol. The minimum absolute atomic E-state index is 0.0123. The number of unbranched alkanes of at least 4 members (excludes halogenated alkanes) is 1. The van der Waals surface area contributed by atoms with Crippen molar-refractivity contribution in [2.45, 2.75) is 38.6 Å². The van der Waals surface area contributed by atoms with Crippen molar-refractivity contribution in [1.29, 1.82) is 0 Å². The van der Waals surface area contributed by atoms with Crippen molar-refractivity contribution in [2.24, 2.45) is 0 Å². The van der Waals surface area contributed by atoms with E-state index in [0.717, 1.165) is 24.6 Å². The van der Waals surface area contributed by atoms with Crippen LogP contribution in [-0.4, -0.2) is 40.1 Å². The summed E-state index contributed by atoms with van der Waals surface area (Å²) in [7, 11) is 0. The van der Waals surface area contributed by atoms with Gasteiger partial charge in [0.25, 0.3) is 5.91 Å². The molecule has 1 fully saturated rings. The van der Waals surface area contributed by atoms with Gasteiger partial charge in [-0.25, -0.2) is 4.39 Å². The van der Waals surface area contributed by atoms with Gasteiger partial charge in [-0.2, -0.15) is 0 Å². The van der Waals surface area contributed by atoms with Gasteiger partial charge in [-0.05, 0) is 50.8 Å². The van der Waals surface area contributed by atoms with Gasteiger partial charge in [0.05, 0.1) is 16.8 Å². The van der Waals surface area contributed by atoms with Crippen LogP contribution in [0.2, 0.25) is 0 Å². The molecule has 122 valence electrons. The average Bonchev–Trinajstić information content (AvgIpc) is 3.35. The number of carbonyl (C=O) groups is 1. The molecule has 0 saturated heterocycles. The third-order valence-corrected chi connectivity index (χ3v) is 4.26. The highest BCUT2D eigenvalue weighted by Gasteiger charge is 2.33. The molecule has 0 spiro atoms. The van der Waals surface area contributed by atoms with Gasteiger partial charge in [-0.1, -0.05) is 0 Å². The third kappa shape index (κ3) is 3.50. The number of carbonyl (C=O) groups excluding carboxylic acids is 1. The number of amides is 1. The number of benzene rings is 1. The van der Waals surface area contributed by atoms with Gasteiger partial charge in [0.15, 0.2) is 0 Å². The van der Waals surface area contributed by atoms with E-state index in [4.69, 9.17) is 5.11 Å². The molecular formula is C18H21FN2O2. The SMILES string of the molecule is Cc1nc2cc(F)ccc2cc1C(=O)N(CCCCO)C1CC1. The second-order valence-electron chi connectivity index (χ2n) is 6.12. The molecule has 0 bridgehead atoms. The first-order valence-corrected chi connectivity index (χ1v) is 8.09. The van der Waals surface area contributed by atoms with Crippen molar-refractivity contribution >= 4 is 16.8 Å². The zero-order chi connectivity index (χ0) is 16.4. The van der Waals surface area contributed by atoms with E-state index >= 15 is 0 Å². The Labute approximate surface area is 134 Å². The van der Waals surface area contributed by atoms with Gasteiger partial charge in [-0.3, -0.25) is 9.78 Å². The van der Waals surface area contributed by atoms with Crippen LogP contribution in [-0.2, 0) is 0 Å². The number of rotatable bonds is 6. The Morgan fingerprint density at radius 2 is 2.13 bits per heavy atom. The maximum absolute atomic E-state index is 13.3. The predicted octanol–water partition coefficient (Wildman–Crippen LogP) is 3.06. The topological polar surface area (TPSA) is 53.4 Å². The van der Waals surface area contributed by atoms with Gasteiger partial charge in [0.2, 0.25) is 0 Å². The van der Waals surface area contributed by atoms with Crippen molar-refractivity contribution in [3.05, 3.63) is 41.3 Å². The van der Waals surface area contributed by atoms with E-state index in [1.165, 1.54) is 12.1 Å². The number of aryl methyl sites for hydroxylation is 1. The lowest BCUT2D eigenvalue weighted by atomic mass is 10.1. The lowest BCUT2D eigenvalue weighted by molar-refractivity contribution is 0.0736. The summed E-state index contributed by atoms with van der Waals surface area (Å²) in [5, 5.41) is 9.70. The van der Waals surface area contributed by atoms with Crippen molar-refractivity contribution in [3.63, 3.8) is 0 Å². The van der Waals surface area contributed by atoms with E-state index in [1.54, 1.807) is 19.1 Å². The molecule has 4 nitrogen and oxygen atoms in total. The van der Waals surface area contributed by atoms with Gasteiger partial charge >= 0.3 is 0 Å². The van der Waals surface area contributed by atoms with E-state index < -0.39 is 0 Å². The highest BCUT2D eigenvalue weighted by atomic mass is 19.1. The first-order chi connectivity index (χ1) is 11.1. The second-order valence-corrected chi connectivity index (χ2v) is 6.12. The van der Waals surface area contributed by atoms with Crippen molar-refractivity contribution in [1.82, 2.24) is 9.88 Å². The molecule has 0 atom stereocenters. The first-order valence-electron chi connectivity index (χ1n) is 8.09. The molecule has 3 rings (SSSR count). The lowest BCUT2D eigenvalue weighted by Gasteiger charge is -2.23. The maximum atomic E-state index is 13.3. The molecule has 23 heavy (non-hydrogen) atoms. The lowest BCUT2D eigenvalue weighted by Crippen LogP contribution is -2.34. The number of nitrogens with zero attached hydrogens (tertiary/aromatic N) is 2. The average molecular weight is 316 g/mol. The van der Waals surface area contributed by atoms with Crippen molar-refractivity contribution in [3.8, 4) is 0 Å². The summed E-state index contributed by atoms with van der Waals surface area (Å²) in [6.45, 7) is 2.59. The number of fused-ring (bicyclic) bond motifs is 1. The van der Waals surface area contributed by atoms with Gasteiger partial charge in [0.1, 0.15) is 5.82 Å². The molecule has 1 aliphatic rings. The normalized spacial score (nSPS) is 14.2. The van der Waals surface area contributed by atoms with E-state index in [1.807, 2.05) is 4.90 Å². The monoisotopic (exact) mass is 316 g/mol. The van der Waals surface area contributed by atoms with Gasteiger partial charge < -0.3 is 10.0 Å². The Kier molecular flexibility index (Phi) is 4.57. The molecule has 0 radical (unpaired) electrons. The number of aliphatic hydroxyl groups excluding tert-OH is 1. The van der Waals surface area contributed by atoms with Gasteiger partial charge in [0, 0.05) is 30.6 Å². The van der Waals surface area contributed by atoms with Crippen LogP contribution < -0.4 is 0 Å². The van der Waals surface area contributed by atoms with E-state index in [2.05, 4.69) is 4.98 Å². The Morgan fingerprint density at radius 3 is 2.83 bits per heavy atom. The summed E-state index contributed by atoms with van der Waals surface area (Å²) in [6.07, 6.45) is 3.57. The summed E-state index contributed by atoms with van der Waals surface area (Å²) in [4.78, 5) is 19.2. The Morgan fingerprint density at radius 1 is 1.35 bits per heavy atom. The molecule has 1 saturated carbocycles. The third-order valence-electron chi connectivity index (χ3n) is 4.26. The fraction of sp³-hybridized carbons (Fsp3) is 0.444. The minimum Gasteiger partial charge on any atom is -0.396 e. The van der Waals surface area contributed by atoms with Crippen LogP contribution in [0.15, 0.2) is 24.3 Å². The molecule has 1 aromatic carbocycles. The molecule has 1 N–H and O–H groups in total. The maximum Gasteiger partial charge on any atom is 0.255 e. The summed E-state index contributed by atoms with van der Waals surface area (Å²) >= 11 is 0. The zero-order valence-corrected chi connectivity index (χ0v) is 13.3. The first kappa shape index (κ1) is 15.9. The number of aliphatic hydroxyl groups is 1. The molecule has 1 aliphatic carbocycles. The summed E-state index contributed by atoms with van der Waals surface area (Å²) in [5.41, 5.74) is 1.78. The molecule has 0 unspecified atom stereocenters. The highest BCUT2D eigenvalue weighted by Crippen LogP contribution is 2.29. The van der Waals surface area contributed by atoms with Crippen LogP contribution in [0, 0.1) is 12.7 Å². The number of hydrogen-bond donors (Lipinski definition) is 1. The van der Waals surface area contributed by atoms with Crippen LogP contribution in [0.25, 0.3) is 10.9 Å². The Hall–Kier alpha value is -2.01. The Balaban J connectivity index is 1.89. The summed E-state index contributed by atoms with van der Waals surface area (Å²) in [6, 6.07) is 6.54. The largest absolute Gasteiger partial charge is 0.396 e. The van der Waals surface area contributed by atoms with Crippen LogP contribution in [0.3, 0.4) is 0 Å². The molecule has 1 heterocycles. The second kappa shape index (κ2) is 6.62. The van der Waals surface area contributed by atoms with Crippen LogP contribution >= 0.6 is 0 Å². The molecule has 1 amide bonds. The summed E-state index contributed by atoms with van der Waals surface area (Å²) < 4.78 is 13.3. The zero-order valence-electron chi connectivity index (χ0n) is 13.3. The predicted molar refractivity (Wildman–Crippen MR) is 86.8 cm³/mol. The molecule has 1 aromatic heterocycles. The van der Waals surface area contributed by atoms with Crippen LogP contribution in [0.5, 0.6) is 0 Å². The fourth-order valence-electron chi connectivity index (χ4n) is 2.84. The quantitative estimate of drug-likeness (QED) is 0.833. The fourth-order valence-corrected chi connectivity index (χ4v) is 2.84. The molecule has 5 heteroatoms.